The van der Waals surface area contributed by atoms with E-state index < -0.39 is 0 Å². The van der Waals surface area contributed by atoms with Crippen LogP contribution in [-0.4, -0.2) is 23.1 Å². The van der Waals surface area contributed by atoms with Crippen LogP contribution in [0.5, 0.6) is 0 Å². The lowest BCUT2D eigenvalue weighted by molar-refractivity contribution is 0.912. The van der Waals surface area contributed by atoms with Crippen molar-refractivity contribution in [3.05, 3.63) is 24.4 Å². The first kappa shape index (κ1) is 19.5. The van der Waals surface area contributed by atoms with E-state index in [4.69, 9.17) is 10.8 Å². The Bertz CT molecular complexity index is 188. The van der Waals surface area contributed by atoms with Crippen molar-refractivity contribution in [1.82, 2.24) is 4.31 Å². The Kier molecular flexibility index (Phi) is 24.3. The van der Waals surface area contributed by atoms with Gasteiger partial charge in [0, 0.05) is 12.5 Å². The summed E-state index contributed by atoms with van der Waals surface area (Å²) in [6.45, 7) is 11.5. The van der Waals surface area contributed by atoms with Crippen LogP contribution in [-0.2, 0) is 0 Å². The van der Waals surface area contributed by atoms with Crippen molar-refractivity contribution in [2.75, 3.05) is 6.26 Å². The van der Waals surface area contributed by atoms with Crippen LogP contribution in [0, 0.1) is 10.8 Å². The molecule has 0 aliphatic heterocycles. The standard InChI is InChI=1S/C7H11N3S.2C2H6/c1-3-4-7(5-8)10(6-9)11-2;2*1-2/h3-6,8-9H,1H2,2H3;2*1-2H3/b7-4+,8-5?,9-6?;;. The molecule has 2 N–H and O–H groups in total. The summed E-state index contributed by atoms with van der Waals surface area (Å²) in [6, 6.07) is 0. The van der Waals surface area contributed by atoms with Gasteiger partial charge in [-0.05, 0) is 18.0 Å². The molecular weight excluding hydrogens is 206 g/mol. The maximum absolute atomic E-state index is 7.00. The third-order valence-corrected chi connectivity index (χ3v) is 1.71. The largest absolute Gasteiger partial charge is 0.307 e. The Morgan fingerprint density at radius 1 is 1.20 bits per heavy atom. The Morgan fingerprint density at radius 3 is 1.87 bits per heavy atom. The molecule has 0 atom stereocenters. The topological polar surface area (TPSA) is 50.9 Å². The Labute approximate surface area is 98.4 Å². The molecule has 4 heteroatoms. The number of rotatable bonds is 5. The normalized spacial score (nSPS) is 8.47. The molecule has 0 aromatic carbocycles. The molecule has 3 nitrogen and oxygen atoms in total. The van der Waals surface area contributed by atoms with Crippen LogP contribution < -0.4 is 0 Å². The van der Waals surface area contributed by atoms with Gasteiger partial charge >= 0.3 is 0 Å². The first-order chi connectivity index (χ1) is 7.29. The van der Waals surface area contributed by atoms with Crippen molar-refractivity contribution < 1.29 is 0 Å². The molecule has 0 heterocycles. The lowest BCUT2D eigenvalue weighted by atomic mass is 10.4. The third kappa shape index (κ3) is 10.9. The monoisotopic (exact) mass is 229 g/mol. The smallest absolute Gasteiger partial charge is 0.0966 e. The highest BCUT2D eigenvalue weighted by molar-refractivity contribution is 7.96. The summed E-state index contributed by atoms with van der Waals surface area (Å²) in [5.41, 5.74) is 0.641. The summed E-state index contributed by atoms with van der Waals surface area (Å²) in [6.07, 6.45) is 7.45. The summed E-state index contributed by atoms with van der Waals surface area (Å²) in [5.74, 6) is 0. The highest BCUT2D eigenvalue weighted by Gasteiger charge is 1.99. The molecule has 0 aromatic rings. The van der Waals surface area contributed by atoms with E-state index in [0.29, 0.717) is 5.70 Å². The first-order valence-electron chi connectivity index (χ1n) is 4.97. The van der Waals surface area contributed by atoms with E-state index in [-0.39, 0.29) is 0 Å². The van der Waals surface area contributed by atoms with Crippen LogP contribution in [0.3, 0.4) is 0 Å². The van der Waals surface area contributed by atoms with E-state index in [2.05, 4.69) is 6.58 Å². The Hall–Kier alpha value is -1.03. The van der Waals surface area contributed by atoms with Gasteiger partial charge in [-0.25, -0.2) is 0 Å². The summed E-state index contributed by atoms with van der Waals surface area (Å²) in [4.78, 5) is 0. The predicted octanol–water partition coefficient (Wildman–Crippen LogP) is 3.95. The number of allylic oxidation sites excluding steroid dienone is 3. The van der Waals surface area contributed by atoms with Crippen LogP contribution in [0.1, 0.15) is 27.7 Å². The zero-order valence-corrected chi connectivity index (χ0v) is 11.2. The van der Waals surface area contributed by atoms with E-state index in [0.717, 1.165) is 6.34 Å². The Balaban J connectivity index is -0.000000318. The maximum Gasteiger partial charge on any atom is 0.0966 e. The van der Waals surface area contributed by atoms with Gasteiger partial charge in [-0.1, -0.05) is 40.3 Å². The van der Waals surface area contributed by atoms with Gasteiger partial charge in [0.1, 0.15) is 0 Å². The molecular formula is C11H23N3S. The predicted molar refractivity (Wildman–Crippen MR) is 73.9 cm³/mol. The van der Waals surface area contributed by atoms with E-state index in [1.54, 1.807) is 16.5 Å². The van der Waals surface area contributed by atoms with Crippen LogP contribution in [0.15, 0.2) is 24.4 Å². The second kappa shape index (κ2) is 18.7. The second-order valence-corrected chi connectivity index (χ2v) is 2.37. The molecule has 88 valence electrons. The molecule has 0 aromatic heterocycles. The van der Waals surface area contributed by atoms with Crippen molar-refractivity contribution >= 4 is 24.5 Å². The summed E-state index contributed by atoms with van der Waals surface area (Å²) >= 11 is 1.37. The minimum Gasteiger partial charge on any atom is -0.307 e. The van der Waals surface area contributed by atoms with Gasteiger partial charge in [0.25, 0.3) is 0 Å². The molecule has 0 saturated carbocycles. The van der Waals surface area contributed by atoms with Gasteiger partial charge in [0.05, 0.1) is 12.0 Å². The van der Waals surface area contributed by atoms with Crippen molar-refractivity contribution in [2.45, 2.75) is 27.7 Å². The molecule has 0 radical (unpaired) electrons. The molecule has 0 amide bonds. The van der Waals surface area contributed by atoms with Crippen molar-refractivity contribution in [2.24, 2.45) is 0 Å². The molecule has 0 bridgehead atoms. The quantitative estimate of drug-likeness (QED) is 0.324. The van der Waals surface area contributed by atoms with Gasteiger partial charge in [-0.2, -0.15) is 0 Å². The van der Waals surface area contributed by atoms with Crippen LogP contribution in [0.25, 0.3) is 0 Å². The lowest BCUT2D eigenvalue weighted by Crippen LogP contribution is -2.11. The molecule has 0 saturated heterocycles. The van der Waals surface area contributed by atoms with E-state index in [1.165, 1.54) is 18.2 Å². The molecule has 0 aliphatic rings. The highest BCUT2D eigenvalue weighted by Crippen LogP contribution is 2.09. The van der Waals surface area contributed by atoms with Crippen molar-refractivity contribution in [1.29, 1.82) is 10.8 Å². The fourth-order valence-electron chi connectivity index (χ4n) is 0.539. The zero-order valence-electron chi connectivity index (χ0n) is 10.4. The average molecular weight is 229 g/mol. The fraction of sp³-hybridized carbons (Fsp3) is 0.455. The number of nitrogens with zero attached hydrogens (tertiary/aromatic N) is 1. The first-order valence-corrected chi connectivity index (χ1v) is 6.15. The number of hydrogen-bond donors (Lipinski definition) is 2. The van der Waals surface area contributed by atoms with Gasteiger partial charge in [-0.15, -0.1) is 0 Å². The van der Waals surface area contributed by atoms with Gasteiger partial charge < -0.3 is 5.41 Å². The lowest BCUT2D eigenvalue weighted by Gasteiger charge is -2.13. The van der Waals surface area contributed by atoms with Gasteiger partial charge in [0.15, 0.2) is 0 Å². The van der Waals surface area contributed by atoms with E-state index in [1.807, 2.05) is 34.0 Å². The minimum absolute atomic E-state index is 0.641. The minimum atomic E-state index is 0.641. The third-order valence-electron chi connectivity index (χ3n) is 1.00. The SMILES string of the molecule is C=C/C=C(\C=N)N(C=N)SC.CC.CC. The van der Waals surface area contributed by atoms with Gasteiger partial charge in [-0.3, -0.25) is 9.71 Å². The molecule has 0 unspecified atom stereocenters. The molecule has 0 rings (SSSR count). The molecule has 0 fully saturated rings. The van der Waals surface area contributed by atoms with Crippen molar-refractivity contribution in [3.63, 3.8) is 0 Å². The summed E-state index contributed by atoms with van der Waals surface area (Å²) < 4.78 is 1.56. The maximum atomic E-state index is 7.00. The van der Waals surface area contributed by atoms with Crippen LogP contribution in [0.2, 0.25) is 0 Å². The molecule has 0 aliphatic carbocycles. The zero-order chi connectivity index (χ0) is 12.7. The highest BCUT2D eigenvalue weighted by atomic mass is 32.2. The van der Waals surface area contributed by atoms with Crippen LogP contribution >= 0.6 is 11.9 Å². The average Bonchev–Trinajstić information content (AvgIpc) is 2.34. The number of hydrogen-bond acceptors (Lipinski definition) is 3. The molecule has 15 heavy (non-hydrogen) atoms. The van der Waals surface area contributed by atoms with Crippen molar-refractivity contribution in [3.8, 4) is 0 Å². The van der Waals surface area contributed by atoms with E-state index in [9.17, 15) is 0 Å². The summed E-state index contributed by atoms with van der Waals surface area (Å²) in [5, 5.41) is 14.0. The fourth-order valence-corrected chi connectivity index (χ4v) is 0.968. The second-order valence-electron chi connectivity index (χ2n) is 1.61. The van der Waals surface area contributed by atoms with Gasteiger partial charge in [0.2, 0.25) is 0 Å². The Morgan fingerprint density at radius 2 is 1.67 bits per heavy atom. The molecule has 0 spiro atoms. The van der Waals surface area contributed by atoms with Crippen LogP contribution in [0.4, 0.5) is 0 Å². The van der Waals surface area contributed by atoms with E-state index >= 15 is 0 Å². The summed E-state index contributed by atoms with van der Waals surface area (Å²) in [7, 11) is 0. The number of nitrogens with one attached hydrogen (secondary N) is 2.